The molecule has 5 nitrogen and oxygen atoms in total. The Kier molecular flexibility index (Phi) is 5.97. The molecule has 4 rings (SSSR count). The van der Waals surface area contributed by atoms with E-state index in [1.54, 1.807) is 23.7 Å². The molecule has 0 fully saturated rings. The molecule has 0 amide bonds. The summed E-state index contributed by atoms with van der Waals surface area (Å²) in [7, 11) is 0. The summed E-state index contributed by atoms with van der Waals surface area (Å²) in [5.74, 6) is -0.638. The third kappa shape index (κ3) is 4.59. The maximum Gasteiger partial charge on any atom is 0.143 e. The first kappa shape index (κ1) is 18.8. The van der Waals surface area contributed by atoms with E-state index in [4.69, 9.17) is 0 Å². The normalized spacial score (nSPS) is 10.4. The first-order valence-corrected chi connectivity index (χ1v) is 9.14. The standard InChI is InChI=1S/C10H11N3S.C9H6F2N2/c1-3-8-6-9(13-12-7(8)2)10-11-4-5-14-10;10-6-1-2-8(11)7(5-6)9-12-3-4-13-9/h4-6H,3H2,1-2H3;1-5H,(H,12,13). The molecule has 3 heterocycles. The number of nitrogens with zero attached hydrogens (tertiary/aromatic N) is 4. The quantitative estimate of drug-likeness (QED) is 0.549. The van der Waals surface area contributed by atoms with Crippen molar-refractivity contribution in [3.05, 3.63) is 71.1 Å². The van der Waals surface area contributed by atoms with E-state index in [1.165, 1.54) is 11.8 Å². The van der Waals surface area contributed by atoms with Gasteiger partial charge in [-0.25, -0.2) is 18.7 Å². The average Bonchev–Trinajstić information content (AvgIpc) is 3.38. The lowest BCUT2D eigenvalue weighted by molar-refractivity contribution is 0.602. The molecule has 4 aromatic rings. The van der Waals surface area contributed by atoms with Crippen molar-refractivity contribution in [3.63, 3.8) is 0 Å². The smallest absolute Gasteiger partial charge is 0.143 e. The molecule has 1 N–H and O–H groups in total. The van der Waals surface area contributed by atoms with Crippen molar-refractivity contribution in [3.8, 4) is 22.1 Å². The minimum atomic E-state index is -0.489. The van der Waals surface area contributed by atoms with Gasteiger partial charge in [0.05, 0.1) is 11.3 Å². The van der Waals surface area contributed by atoms with Crippen LogP contribution in [0.25, 0.3) is 22.1 Å². The van der Waals surface area contributed by atoms with E-state index in [1.807, 2.05) is 12.3 Å². The van der Waals surface area contributed by atoms with Crippen LogP contribution in [0.4, 0.5) is 8.78 Å². The Morgan fingerprint density at radius 2 is 1.93 bits per heavy atom. The fraction of sp³-hybridized carbons (Fsp3) is 0.158. The van der Waals surface area contributed by atoms with Crippen molar-refractivity contribution in [1.29, 1.82) is 0 Å². The van der Waals surface area contributed by atoms with Crippen LogP contribution >= 0.6 is 11.3 Å². The lowest BCUT2D eigenvalue weighted by Gasteiger charge is -2.01. The Hall–Kier alpha value is -3.00. The molecule has 0 bridgehead atoms. The van der Waals surface area contributed by atoms with Crippen molar-refractivity contribution in [2.24, 2.45) is 0 Å². The van der Waals surface area contributed by atoms with Crippen LogP contribution in [0.3, 0.4) is 0 Å². The van der Waals surface area contributed by atoms with Gasteiger partial charge in [-0.3, -0.25) is 0 Å². The number of imidazole rings is 1. The summed E-state index contributed by atoms with van der Waals surface area (Å²) in [4.78, 5) is 10.7. The monoisotopic (exact) mass is 385 g/mol. The lowest BCUT2D eigenvalue weighted by Crippen LogP contribution is -1.96. The van der Waals surface area contributed by atoms with Crippen LogP contribution in [0.1, 0.15) is 18.2 Å². The van der Waals surface area contributed by atoms with Crippen LogP contribution < -0.4 is 0 Å². The molecular formula is C19H17F2N5S. The average molecular weight is 385 g/mol. The number of halogens is 2. The van der Waals surface area contributed by atoms with Crippen LogP contribution in [-0.2, 0) is 6.42 Å². The van der Waals surface area contributed by atoms with Gasteiger partial charge in [0.1, 0.15) is 28.2 Å². The molecular weight excluding hydrogens is 368 g/mol. The molecule has 27 heavy (non-hydrogen) atoms. The molecule has 0 aliphatic heterocycles. The Morgan fingerprint density at radius 3 is 2.59 bits per heavy atom. The summed E-state index contributed by atoms with van der Waals surface area (Å²) < 4.78 is 25.8. The zero-order valence-corrected chi connectivity index (χ0v) is 15.6. The molecule has 3 aromatic heterocycles. The molecule has 8 heteroatoms. The molecule has 0 aliphatic carbocycles. The van der Waals surface area contributed by atoms with Crippen LogP contribution in [0.15, 0.2) is 48.2 Å². The van der Waals surface area contributed by atoms with E-state index in [0.717, 1.165) is 41.0 Å². The number of thiazole rings is 1. The predicted molar refractivity (Wildman–Crippen MR) is 101 cm³/mol. The van der Waals surface area contributed by atoms with Crippen molar-refractivity contribution in [1.82, 2.24) is 25.1 Å². The highest BCUT2D eigenvalue weighted by Crippen LogP contribution is 2.21. The van der Waals surface area contributed by atoms with E-state index in [2.05, 4.69) is 38.1 Å². The fourth-order valence-electron chi connectivity index (χ4n) is 2.40. The zero-order chi connectivity index (χ0) is 19.2. The van der Waals surface area contributed by atoms with E-state index in [9.17, 15) is 8.78 Å². The second-order valence-corrected chi connectivity index (χ2v) is 6.49. The second-order valence-electron chi connectivity index (χ2n) is 5.59. The number of benzene rings is 1. The van der Waals surface area contributed by atoms with E-state index in [-0.39, 0.29) is 5.56 Å². The molecule has 0 unspecified atom stereocenters. The van der Waals surface area contributed by atoms with Gasteiger partial charge < -0.3 is 4.98 Å². The molecule has 0 aliphatic rings. The van der Waals surface area contributed by atoms with Crippen LogP contribution in [-0.4, -0.2) is 25.1 Å². The van der Waals surface area contributed by atoms with Gasteiger partial charge in [0.15, 0.2) is 0 Å². The zero-order valence-electron chi connectivity index (χ0n) is 14.8. The molecule has 1 aromatic carbocycles. The Balaban J connectivity index is 0.000000156. The molecule has 0 radical (unpaired) electrons. The largest absolute Gasteiger partial charge is 0.345 e. The number of rotatable bonds is 3. The summed E-state index contributed by atoms with van der Waals surface area (Å²) in [6.07, 6.45) is 5.81. The highest BCUT2D eigenvalue weighted by molar-refractivity contribution is 7.13. The van der Waals surface area contributed by atoms with Gasteiger partial charge >= 0.3 is 0 Å². The number of nitrogens with one attached hydrogen (secondary N) is 1. The van der Waals surface area contributed by atoms with E-state index < -0.39 is 11.6 Å². The van der Waals surface area contributed by atoms with Gasteiger partial charge in [0, 0.05) is 24.0 Å². The number of hydrogen-bond acceptors (Lipinski definition) is 5. The molecule has 0 spiro atoms. The topological polar surface area (TPSA) is 67.3 Å². The maximum absolute atomic E-state index is 13.1. The third-order valence-electron chi connectivity index (χ3n) is 3.80. The number of aromatic nitrogens is 5. The molecule has 0 saturated carbocycles. The van der Waals surface area contributed by atoms with Crippen molar-refractivity contribution >= 4 is 11.3 Å². The lowest BCUT2D eigenvalue weighted by atomic mass is 10.1. The van der Waals surface area contributed by atoms with Crippen LogP contribution in [0.5, 0.6) is 0 Å². The van der Waals surface area contributed by atoms with Crippen LogP contribution in [0, 0.1) is 18.6 Å². The Bertz CT molecular complexity index is 1000. The summed E-state index contributed by atoms with van der Waals surface area (Å²) >= 11 is 1.59. The first-order chi connectivity index (χ1) is 13.1. The van der Waals surface area contributed by atoms with Crippen molar-refractivity contribution in [2.75, 3.05) is 0 Å². The minimum Gasteiger partial charge on any atom is -0.345 e. The van der Waals surface area contributed by atoms with Gasteiger partial charge in [-0.1, -0.05) is 6.92 Å². The Labute approximate surface area is 159 Å². The summed E-state index contributed by atoms with van der Waals surface area (Å²) in [5.41, 5.74) is 3.27. The highest BCUT2D eigenvalue weighted by atomic mass is 32.1. The third-order valence-corrected chi connectivity index (χ3v) is 4.59. The maximum atomic E-state index is 13.1. The highest BCUT2D eigenvalue weighted by Gasteiger charge is 2.07. The summed E-state index contributed by atoms with van der Waals surface area (Å²) in [5, 5.41) is 11.1. The van der Waals surface area contributed by atoms with E-state index in [0.29, 0.717) is 5.82 Å². The van der Waals surface area contributed by atoms with Gasteiger partial charge in [0.2, 0.25) is 0 Å². The van der Waals surface area contributed by atoms with Gasteiger partial charge in [-0.2, -0.15) is 5.10 Å². The number of H-pyrrole nitrogens is 1. The number of aryl methyl sites for hydroxylation is 2. The summed E-state index contributed by atoms with van der Waals surface area (Å²) in [6, 6.07) is 5.32. The van der Waals surface area contributed by atoms with Crippen LogP contribution in [0.2, 0.25) is 0 Å². The molecule has 0 atom stereocenters. The van der Waals surface area contributed by atoms with Gasteiger partial charge in [-0.05, 0) is 43.2 Å². The molecule has 0 saturated heterocycles. The molecule has 138 valence electrons. The van der Waals surface area contributed by atoms with Crippen molar-refractivity contribution in [2.45, 2.75) is 20.3 Å². The minimum absolute atomic E-state index is 0.144. The first-order valence-electron chi connectivity index (χ1n) is 8.26. The SMILES string of the molecule is CCc1cc(-c2nccs2)nnc1C.Fc1ccc(F)c(-c2ncc[nH]2)c1. The van der Waals surface area contributed by atoms with Crippen molar-refractivity contribution < 1.29 is 8.78 Å². The second kappa shape index (κ2) is 8.59. The van der Waals surface area contributed by atoms with Gasteiger partial charge in [-0.15, -0.1) is 16.4 Å². The summed E-state index contributed by atoms with van der Waals surface area (Å²) in [6.45, 7) is 4.10. The Morgan fingerprint density at radius 1 is 1.07 bits per heavy atom. The predicted octanol–water partition coefficient (Wildman–Crippen LogP) is 4.83. The number of hydrogen-bond donors (Lipinski definition) is 1. The fourth-order valence-corrected chi connectivity index (χ4v) is 2.99. The van der Waals surface area contributed by atoms with E-state index >= 15 is 0 Å². The number of aromatic amines is 1. The van der Waals surface area contributed by atoms with Gasteiger partial charge in [0.25, 0.3) is 0 Å².